The van der Waals surface area contributed by atoms with Gasteiger partial charge in [-0.25, -0.2) is 4.98 Å². The Morgan fingerprint density at radius 3 is 2.82 bits per heavy atom. The third-order valence-corrected chi connectivity index (χ3v) is 4.52. The molecule has 1 aromatic heterocycles. The number of anilines is 1. The van der Waals surface area contributed by atoms with E-state index in [1.807, 2.05) is 29.6 Å². The first kappa shape index (κ1) is 14.8. The molecule has 0 radical (unpaired) electrons. The number of carbonyl (C=O) groups is 1. The van der Waals surface area contributed by atoms with Gasteiger partial charge >= 0.3 is 0 Å². The second-order valence-electron chi connectivity index (χ2n) is 5.24. The Morgan fingerprint density at radius 2 is 2.14 bits per heavy atom. The molecule has 1 heterocycles. The van der Waals surface area contributed by atoms with Crippen LogP contribution in [0.4, 0.5) is 5.13 Å². The normalized spacial score (nSPS) is 17.2. The van der Waals surface area contributed by atoms with Crippen LogP contribution in [-0.2, 0) is 4.79 Å². The highest BCUT2D eigenvalue weighted by Crippen LogP contribution is 2.27. The molecular weight excluding hydrogens is 296 g/mol. The number of nitrogens with zero attached hydrogens (tertiary/aromatic N) is 1. The van der Waals surface area contributed by atoms with Crippen molar-refractivity contribution in [1.29, 1.82) is 0 Å². The summed E-state index contributed by atoms with van der Waals surface area (Å²) in [5, 5.41) is 5.55. The fourth-order valence-electron chi connectivity index (χ4n) is 2.46. The summed E-state index contributed by atoms with van der Waals surface area (Å²) < 4.78 is 5.15. The van der Waals surface area contributed by atoms with Gasteiger partial charge in [0.2, 0.25) is 5.91 Å². The first-order chi connectivity index (χ1) is 10.8. The predicted molar refractivity (Wildman–Crippen MR) is 89.2 cm³/mol. The molecule has 0 saturated carbocycles. The van der Waals surface area contributed by atoms with Gasteiger partial charge in [-0.1, -0.05) is 12.2 Å². The number of hydrogen-bond acceptors (Lipinski definition) is 4. The summed E-state index contributed by atoms with van der Waals surface area (Å²) in [6.07, 6.45) is 6.93. The van der Waals surface area contributed by atoms with Crippen LogP contribution in [-0.4, -0.2) is 18.0 Å². The van der Waals surface area contributed by atoms with Crippen LogP contribution in [0.25, 0.3) is 11.3 Å². The van der Waals surface area contributed by atoms with Gasteiger partial charge in [0.15, 0.2) is 5.13 Å². The number of rotatable bonds is 4. The molecule has 5 heteroatoms. The van der Waals surface area contributed by atoms with E-state index in [0.29, 0.717) is 5.13 Å². The van der Waals surface area contributed by atoms with Crippen LogP contribution in [0.3, 0.4) is 0 Å². The number of aromatic nitrogens is 1. The summed E-state index contributed by atoms with van der Waals surface area (Å²) in [5.74, 6) is 0.955. The van der Waals surface area contributed by atoms with Crippen LogP contribution < -0.4 is 10.1 Å². The van der Waals surface area contributed by atoms with Crippen molar-refractivity contribution in [3.8, 4) is 17.0 Å². The molecule has 1 N–H and O–H groups in total. The van der Waals surface area contributed by atoms with E-state index in [1.165, 1.54) is 11.3 Å². The number of benzene rings is 1. The zero-order valence-corrected chi connectivity index (χ0v) is 13.2. The molecule has 0 aliphatic heterocycles. The highest BCUT2D eigenvalue weighted by atomic mass is 32.1. The Bertz CT molecular complexity index is 676. The monoisotopic (exact) mass is 314 g/mol. The summed E-state index contributed by atoms with van der Waals surface area (Å²) in [5.41, 5.74) is 1.88. The average molecular weight is 314 g/mol. The third kappa shape index (κ3) is 3.36. The molecule has 1 amide bonds. The van der Waals surface area contributed by atoms with Crippen molar-refractivity contribution >= 4 is 22.4 Å². The van der Waals surface area contributed by atoms with E-state index in [9.17, 15) is 4.79 Å². The smallest absolute Gasteiger partial charge is 0.229 e. The van der Waals surface area contributed by atoms with Crippen molar-refractivity contribution < 1.29 is 9.53 Å². The zero-order valence-electron chi connectivity index (χ0n) is 12.4. The lowest BCUT2D eigenvalue weighted by atomic mass is 9.94. The molecule has 2 aromatic rings. The van der Waals surface area contributed by atoms with Crippen LogP contribution in [0, 0.1) is 5.92 Å². The number of hydrogen-bond donors (Lipinski definition) is 1. The van der Waals surface area contributed by atoms with Crippen molar-refractivity contribution in [1.82, 2.24) is 4.98 Å². The van der Waals surface area contributed by atoms with Crippen LogP contribution in [0.5, 0.6) is 5.75 Å². The maximum atomic E-state index is 12.2. The maximum absolute atomic E-state index is 12.2. The van der Waals surface area contributed by atoms with Crippen LogP contribution in [0.1, 0.15) is 19.3 Å². The standard InChI is InChI=1S/C17H18N2O2S/c1-21-14-9-7-12(8-10-14)15-11-22-17(18-15)19-16(20)13-5-3-2-4-6-13/h2-3,7-11,13H,4-6H2,1H3,(H,18,19,20)/t13-/m0/s1. The molecule has 0 saturated heterocycles. The van der Waals surface area contributed by atoms with Gasteiger partial charge in [-0.2, -0.15) is 0 Å². The molecule has 1 aliphatic rings. The predicted octanol–water partition coefficient (Wildman–Crippen LogP) is 4.11. The summed E-state index contributed by atoms with van der Waals surface area (Å²) >= 11 is 1.45. The van der Waals surface area contributed by atoms with Crippen molar-refractivity contribution in [2.75, 3.05) is 12.4 Å². The highest BCUT2D eigenvalue weighted by molar-refractivity contribution is 7.14. The number of amides is 1. The Hall–Kier alpha value is -2.14. The van der Waals surface area contributed by atoms with Crippen molar-refractivity contribution in [3.05, 3.63) is 41.8 Å². The van der Waals surface area contributed by atoms with Crippen molar-refractivity contribution in [2.45, 2.75) is 19.3 Å². The second kappa shape index (κ2) is 6.75. The number of allylic oxidation sites excluding steroid dienone is 2. The van der Waals surface area contributed by atoms with E-state index in [1.54, 1.807) is 7.11 Å². The van der Waals surface area contributed by atoms with Gasteiger partial charge in [0, 0.05) is 16.9 Å². The SMILES string of the molecule is COc1ccc(-c2csc(NC(=O)[C@H]3CC=CCC3)n2)cc1. The van der Waals surface area contributed by atoms with E-state index in [2.05, 4.69) is 22.5 Å². The van der Waals surface area contributed by atoms with Gasteiger partial charge in [-0.05, 0) is 43.5 Å². The Labute approximate surface area is 133 Å². The van der Waals surface area contributed by atoms with Gasteiger partial charge < -0.3 is 10.1 Å². The maximum Gasteiger partial charge on any atom is 0.229 e. The molecule has 22 heavy (non-hydrogen) atoms. The fraction of sp³-hybridized carbons (Fsp3) is 0.294. The number of thiazole rings is 1. The number of ether oxygens (including phenoxy) is 1. The molecular formula is C17H18N2O2S. The number of nitrogens with one attached hydrogen (secondary N) is 1. The zero-order chi connectivity index (χ0) is 15.4. The molecule has 114 valence electrons. The topological polar surface area (TPSA) is 51.2 Å². The summed E-state index contributed by atoms with van der Waals surface area (Å²) in [6, 6.07) is 7.74. The van der Waals surface area contributed by atoms with E-state index in [4.69, 9.17) is 4.74 Å². The molecule has 1 atom stereocenters. The minimum Gasteiger partial charge on any atom is -0.497 e. The van der Waals surface area contributed by atoms with E-state index < -0.39 is 0 Å². The summed E-state index contributed by atoms with van der Waals surface area (Å²) in [6.45, 7) is 0. The molecule has 3 rings (SSSR count). The third-order valence-electron chi connectivity index (χ3n) is 3.76. The Morgan fingerprint density at radius 1 is 1.32 bits per heavy atom. The lowest BCUT2D eigenvalue weighted by molar-refractivity contribution is -0.120. The molecule has 0 bridgehead atoms. The summed E-state index contributed by atoms with van der Waals surface area (Å²) in [7, 11) is 1.64. The quantitative estimate of drug-likeness (QED) is 0.864. The second-order valence-corrected chi connectivity index (χ2v) is 6.10. The first-order valence-corrected chi connectivity index (χ1v) is 8.20. The number of carbonyl (C=O) groups excluding carboxylic acids is 1. The lowest BCUT2D eigenvalue weighted by Gasteiger charge is -2.15. The van der Waals surface area contributed by atoms with E-state index in [0.717, 1.165) is 36.3 Å². The highest BCUT2D eigenvalue weighted by Gasteiger charge is 2.19. The molecule has 4 nitrogen and oxygen atoms in total. The molecule has 1 aliphatic carbocycles. The largest absolute Gasteiger partial charge is 0.497 e. The van der Waals surface area contributed by atoms with Crippen molar-refractivity contribution in [2.24, 2.45) is 5.92 Å². The average Bonchev–Trinajstić information content (AvgIpc) is 3.04. The molecule has 0 fully saturated rings. The van der Waals surface area contributed by atoms with Gasteiger partial charge in [-0.15, -0.1) is 11.3 Å². The summed E-state index contributed by atoms with van der Waals surface area (Å²) in [4.78, 5) is 16.7. The molecule has 0 unspecified atom stereocenters. The van der Waals surface area contributed by atoms with Gasteiger partial charge in [0.25, 0.3) is 0 Å². The molecule has 1 aromatic carbocycles. The minimum atomic E-state index is 0.0679. The minimum absolute atomic E-state index is 0.0679. The van der Waals surface area contributed by atoms with E-state index >= 15 is 0 Å². The lowest BCUT2D eigenvalue weighted by Crippen LogP contribution is -2.23. The van der Waals surface area contributed by atoms with Crippen LogP contribution in [0.15, 0.2) is 41.8 Å². The van der Waals surface area contributed by atoms with E-state index in [-0.39, 0.29) is 11.8 Å². The fourth-order valence-corrected chi connectivity index (χ4v) is 3.19. The number of methoxy groups -OCH3 is 1. The first-order valence-electron chi connectivity index (χ1n) is 7.32. The van der Waals surface area contributed by atoms with Gasteiger partial charge in [-0.3, -0.25) is 4.79 Å². The van der Waals surface area contributed by atoms with Crippen molar-refractivity contribution in [3.63, 3.8) is 0 Å². The van der Waals surface area contributed by atoms with Gasteiger partial charge in [0.1, 0.15) is 5.75 Å². The van der Waals surface area contributed by atoms with Gasteiger partial charge in [0.05, 0.1) is 12.8 Å². The Balaban J connectivity index is 1.67. The van der Waals surface area contributed by atoms with Crippen LogP contribution in [0.2, 0.25) is 0 Å². The van der Waals surface area contributed by atoms with Crippen LogP contribution >= 0.6 is 11.3 Å². The Kier molecular flexibility index (Phi) is 4.53. The molecule has 0 spiro atoms.